The Morgan fingerprint density at radius 3 is 2.42 bits per heavy atom. The number of rotatable bonds is 3. The number of hydrogen-bond donors (Lipinski definition) is 2. The van der Waals surface area contributed by atoms with Crippen LogP contribution in [0.3, 0.4) is 0 Å². The van der Waals surface area contributed by atoms with Crippen LogP contribution in [0.2, 0.25) is 0 Å². The quantitative estimate of drug-likeness (QED) is 0.627. The number of halogens is 2. The zero-order valence-corrected chi connectivity index (χ0v) is 11.2. The Hall–Kier alpha value is -1.08. The minimum atomic E-state index is -0.581. The second kappa shape index (κ2) is 5.92. The van der Waals surface area contributed by atoms with Crippen LogP contribution in [0.1, 0.15) is 11.6 Å². The summed E-state index contributed by atoms with van der Waals surface area (Å²) in [7, 11) is 4.03. The van der Waals surface area contributed by atoms with E-state index in [4.69, 9.17) is 5.84 Å². The van der Waals surface area contributed by atoms with Crippen molar-refractivity contribution in [1.82, 2.24) is 15.2 Å². The highest BCUT2D eigenvalue weighted by atomic mass is 19.1. The molecule has 0 aliphatic carbocycles. The van der Waals surface area contributed by atoms with Crippen molar-refractivity contribution in [1.29, 1.82) is 0 Å². The van der Waals surface area contributed by atoms with Gasteiger partial charge >= 0.3 is 0 Å². The summed E-state index contributed by atoms with van der Waals surface area (Å²) in [6.45, 7) is 2.67. The molecule has 0 spiro atoms. The van der Waals surface area contributed by atoms with Crippen molar-refractivity contribution in [3.8, 4) is 0 Å². The average molecular weight is 270 g/mol. The predicted octanol–water partition coefficient (Wildman–Crippen LogP) is 0.715. The summed E-state index contributed by atoms with van der Waals surface area (Å²) in [5.41, 5.74) is 3.23. The van der Waals surface area contributed by atoms with Gasteiger partial charge in [0.05, 0.1) is 6.04 Å². The minimum absolute atomic E-state index is 0.0740. The molecule has 1 aliphatic rings. The second-order valence-corrected chi connectivity index (χ2v) is 5.16. The maximum atomic E-state index is 13.3. The molecule has 2 atom stereocenters. The molecule has 6 heteroatoms. The van der Waals surface area contributed by atoms with Crippen LogP contribution in [0.25, 0.3) is 0 Å². The van der Waals surface area contributed by atoms with Crippen molar-refractivity contribution in [2.75, 3.05) is 33.7 Å². The third-order valence-corrected chi connectivity index (χ3v) is 3.71. The molecule has 1 aliphatic heterocycles. The molecule has 106 valence electrons. The number of benzene rings is 1. The summed E-state index contributed by atoms with van der Waals surface area (Å²) in [5, 5.41) is 0. The maximum Gasteiger partial charge on any atom is 0.126 e. The van der Waals surface area contributed by atoms with Crippen LogP contribution in [0, 0.1) is 11.6 Å². The molecule has 0 saturated carbocycles. The van der Waals surface area contributed by atoms with Gasteiger partial charge in [0.2, 0.25) is 0 Å². The van der Waals surface area contributed by atoms with Gasteiger partial charge in [-0.25, -0.2) is 8.78 Å². The average Bonchev–Trinajstić information content (AvgIpc) is 2.33. The van der Waals surface area contributed by atoms with E-state index in [9.17, 15) is 8.78 Å². The highest BCUT2D eigenvalue weighted by molar-refractivity contribution is 5.23. The van der Waals surface area contributed by atoms with E-state index >= 15 is 0 Å². The molecule has 0 amide bonds. The van der Waals surface area contributed by atoms with Crippen molar-refractivity contribution < 1.29 is 8.78 Å². The first kappa shape index (κ1) is 14.3. The first-order chi connectivity index (χ1) is 9.01. The SMILES string of the molecule is CN1CCN(C)C(C(NN)c2cc(F)cc(F)c2)C1. The van der Waals surface area contributed by atoms with E-state index in [0.29, 0.717) is 5.56 Å². The molecule has 1 saturated heterocycles. The molecule has 2 unspecified atom stereocenters. The normalized spacial score (nSPS) is 23.5. The summed E-state index contributed by atoms with van der Waals surface area (Å²) >= 11 is 0. The van der Waals surface area contributed by atoms with Gasteiger partial charge in [0.25, 0.3) is 0 Å². The standard InChI is InChI=1S/C13H20F2N4/c1-18-3-4-19(2)12(8-18)13(17-16)9-5-10(14)7-11(15)6-9/h5-7,12-13,17H,3-4,8,16H2,1-2H3. The van der Waals surface area contributed by atoms with E-state index in [1.54, 1.807) is 0 Å². The van der Waals surface area contributed by atoms with Gasteiger partial charge in [-0.15, -0.1) is 0 Å². The lowest BCUT2D eigenvalue weighted by Gasteiger charge is -2.41. The van der Waals surface area contributed by atoms with E-state index in [2.05, 4.69) is 15.2 Å². The minimum Gasteiger partial charge on any atom is -0.303 e. The summed E-state index contributed by atoms with van der Waals surface area (Å²) in [5.74, 6) is 4.44. The number of nitrogens with zero attached hydrogens (tertiary/aromatic N) is 2. The van der Waals surface area contributed by atoms with Crippen molar-refractivity contribution in [3.05, 3.63) is 35.4 Å². The topological polar surface area (TPSA) is 44.5 Å². The van der Waals surface area contributed by atoms with Crippen LogP contribution >= 0.6 is 0 Å². The molecule has 1 aromatic rings. The predicted molar refractivity (Wildman–Crippen MR) is 70.3 cm³/mol. The van der Waals surface area contributed by atoms with Crippen LogP contribution < -0.4 is 11.3 Å². The van der Waals surface area contributed by atoms with Crippen LogP contribution in [0.5, 0.6) is 0 Å². The fraction of sp³-hybridized carbons (Fsp3) is 0.538. The third kappa shape index (κ3) is 3.27. The van der Waals surface area contributed by atoms with E-state index in [1.165, 1.54) is 12.1 Å². The molecule has 2 rings (SSSR count). The number of hydrazine groups is 1. The second-order valence-electron chi connectivity index (χ2n) is 5.16. The number of piperazine rings is 1. The molecular formula is C13H20F2N4. The summed E-state index contributed by atoms with van der Waals surface area (Å²) < 4.78 is 26.7. The van der Waals surface area contributed by atoms with Gasteiger partial charge in [0, 0.05) is 31.7 Å². The van der Waals surface area contributed by atoms with Crippen LogP contribution in [0.15, 0.2) is 18.2 Å². The number of nitrogens with two attached hydrogens (primary N) is 1. The number of likely N-dealkylation sites (N-methyl/N-ethyl adjacent to an activating group) is 2. The molecule has 0 bridgehead atoms. The Balaban J connectivity index is 2.27. The molecule has 1 fully saturated rings. The maximum absolute atomic E-state index is 13.3. The molecule has 19 heavy (non-hydrogen) atoms. The van der Waals surface area contributed by atoms with Crippen molar-refractivity contribution >= 4 is 0 Å². The van der Waals surface area contributed by atoms with E-state index < -0.39 is 11.6 Å². The Morgan fingerprint density at radius 2 is 1.84 bits per heavy atom. The third-order valence-electron chi connectivity index (χ3n) is 3.71. The lowest BCUT2D eigenvalue weighted by molar-refractivity contribution is 0.0875. The fourth-order valence-electron chi connectivity index (χ4n) is 2.59. The Labute approximate surface area is 112 Å². The van der Waals surface area contributed by atoms with Crippen molar-refractivity contribution in [2.24, 2.45) is 5.84 Å². The van der Waals surface area contributed by atoms with Gasteiger partial charge in [-0.2, -0.15) is 0 Å². The van der Waals surface area contributed by atoms with Gasteiger partial charge in [-0.1, -0.05) is 0 Å². The number of nitrogens with one attached hydrogen (secondary N) is 1. The smallest absolute Gasteiger partial charge is 0.126 e. The Bertz CT molecular complexity index is 420. The molecule has 1 aromatic carbocycles. The van der Waals surface area contributed by atoms with E-state index in [1.807, 2.05) is 14.1 Å². The monoisotopic (exact) mass is 270 g/mol. The van der Waals surface area contributed by atoms with E-state index in [-0.39, 0.29) is 12.1 Å². The zero-order chi connectivity index (χ0) is 14.0. The lowest BCUT2D eigenvalue weighted by Crippen LogP contribution is -2.56. The molecule has 3 N–H and O–H groups in total. The highest BCUT2D eigenvalue weighted by Crippen LogP contribution is 2.24. The summed E-state index contributed by atoms with van der Waals surface area (Å²) in [4.78, 5) is 4.35. The number of hydrogen-bond acceptors (Lipinski definition) is 4. The molecular weight excluding hydrogens is 250 g/mol. The van der Waals surface area contributed by atoms with Gasteiger partial charge in [0.1, 0.15) is 11.6 Å². The zero-order valence-electron chi connectivity index (χ0n) is 11.2. The van der Waals surface area contributed by atoms with E-state index in [0.717, 1.165) is 25.7 Å². The molecule has 0 aromatic heterocycles. The van der Waals surface area contributed by atoms with Crippen molar-refractivity contribution in [3.63, 3.8) is 0 Å². The lowest BCUT2D eigenvalue weighted by atomic mass is 9.96. The Kier molecular flexibility index (Phi) is 4.46. The van der Waals surface area contributed by atoms with Gasteiger partial charge < -0.3 is 4.90 Å². The van der Waals surface area contributed by atoms with Crippen LogP contribution in [0.4, 0.5) is 8.78 Å². The van der Waals surface area contributed by atoms with Gasteiger partial charge in [0.15, 0.2) is 0 Å². The molecule has 4 nitrogen and oxygen atoms in total. The molecule has 1 heterocycles. The van der Waals surface area contributed by atoms with Gasteiger partial charge in [-0.3, -0.25) is 16.2 Å². The van der Waals surface area contributed by atoms with Crippen molar-refractivity contribution in [2.45, 2.75) is 12.1 Å². The summed E-state index contributed by atoms with van der Waals surface area (Å²) in [6, 6.07) is 3.29. The summed E-state index contributed by atoms with van der Waals surface area (Å²) in [6.07, 6.45) is 0. The van der Waals surface area contributed by atoms with Gasteiger partial charge in [-0.05, 0) is 31.8 Å². The first-order valence-corrected chi connectivity index (χ1v) is 6.32. The van der Waals surface area contributed by atoms with Crippen LogP contribution in [-0.2, 0) is 0 Å². The largest absolute Gasteiger partial charge is 0.303 e. The molecule has 0 radical (unpaired) electrons. The van der Waals surface area contributed by atoms with Crippen LogP contribution in [-0.4, -0.2) is 49.6 Å². The fourth-order valence-corrected chi connectivity index (χ4v) is 2.59. The Morgan fingerprint density at radius 1 is 1.21 bits per heavy atom. The highest BCUT2D eigenvalue weighted by Gasteiger charge is 2.30. The first-order valence-electron chi connectivity index (χ1n) is 6.32.